The van der Waals surface area contributed by atoms with Gasteiger partial charge in [-0.25, -0.2) is 0 Å². The minimum atomic E-state index is -0.318. The molecule has 18 heavy (non-hydrogen) atoms. The zero-order valence-corrected chi connectivity index (χ0v) is 9.29. The monoisotopic (exact) mass is 243 g/mol. The molecule has 1 amide bonds. The third-order valence-electron chi connectivity index (χ3n) is 2.44. The molecule has 0 saturated heterocycles. The number of ether oxygens (including phenoxy) is 2. The first kappa shape index (κ1) is 10.5. The van der Waals surface area contributed by atoms with Gasteiger partial charge in [-0.2, -0.15) is 5.10 Å². The van der Waals surface area contributed by atoms with E-state index in [2.05, 4.69) is 15.5 Å². The van der Waals surface area contributed by atoms with Gasteiger partial charge >= 0.3 is 0 Å². The summed E-state index contributed by atoms with van der Waals surface area (Å²) in [5, 5.41) is 10.1. The van der Waals surface area contributed by atoms with Crippen LogP contribution in [-0.2, 0) is 0 Å². The van der Waals surface area contributed by atoms with Gasteiger partial charge in [-0.3, -0.25) is 4.79 Å². The van der Waals surface area contributed by atoms with Crippen LogP contribution in [0.3, 0.4) is 0 Å². The number of rotatable bonds is 2. The van der Waals surface area contributed by atoms with E-state index in [4.69, 9.17) is 9.47 Å². The molecule has 1 aliphatic heterocycles. The van der Waals surface area contributed by atoms with Crippen LogP contribution in [0, 0.1) is 0 Å². The lowest BCUT2D eigenvalue weighted by atomic mass is 10.2. The molecule has 6 heteroatoms. The van der Waals surface area contributed by atoms with Crippen molar-refractivity contribution in [3.05, 3.63) is 42.2 Å². The molecule has 2 heterocycles. The summed E-state index contributed by atoms with van der Waals surface area (Å²) in [4.78, 5) is 11.8. The number of benzene rings is 1. The van der Waals surface area contributed by atoms with Gasteiger partial charge < -0.3 is 14.8 Å². The molecule has 0 unspecified atom stereocenters. The maximum absolute atomic E-state index is 11.8. The van der Waals surface area contributed by atoms with Gasteiger partial charge in [-0.1, -0.05) is 0 Å². The molecule has 6 nitrogen and oxygen atoms in total. The lowest BCUT2D eigenvalue weighted by molar-refractivity contribution is 0.102. The summed E-state index contributed by atoms with van der Waals surface area (Å²) in [6, 6.07) is 8.43. The standard InChI is InChI=1S/C12H9N3O3/c16-12(9-2-1-5-13-15-9)14-8-3-4-10-11(6-8)18-7-17-10/h1-6H,7H2,(H,14,16). The van der Waals surface area contributed by atoms with Gasteiger partial charge in [0.1, 0.15) is 0 Å². The number of amides is 1. The van der Waals surface area contributed by atoms with E-state index >= 15 is 0 Å². The van der Waals surface area contributed by atoms with Crippen molar-refractivity contribution in [2.24, 2.45) is 0 Å². The summed E-state index contributed by atoms with van der Waals surface area (Å²) in [7, 11) is 0. The van der Waals surface area contributed by atoms with E-state index in [0.29, 0.717) is 17.2 Å². The highest BCUT2D eigenvalue weighted by Crippen LogP contribution is 2.34. The Labute approximate surface area is 103 Å². The number of carbonyl (C=O) groups is 1. The molecule has 2 aromatic rings. The minimum Gasteiger partial charge on any atom is -0.454 e. The van der Waals surface area contributed by atoms with Crippen LogP contribution in [0.15, 0.2) is 36.5 Å². The van der Waals surface area contributed by atoms with Crippen molar-refractivity contribution in [2.75, 3.05) is 12.1 Å². The van der Waals surface area contributed by atoms with Crippen molar-refractivity contribution in [1.82, 2.24) is 10.2 Å². The fourth-order valence-electron chi connectivity index (χ4n) is 1.59. The van der Waals surface area contributed by atoms with Crippen molar-refractivity contribution >= 4 is 11.6 Å². The number of nitrogens with zero attached hydrogens (tertiary/aromatic N) is 2. The van der Waals surface area contributed by atoms with Gasteiger partial charge in [0, 0.05) is 18.0 Å². The Hall–Kier alpha value is -2.63. The summed E-state index contributed by atoms with van der Waals surface area (Å²) < 4.78 is 10.4. The molecule has 0 aliphatic carbocycles. The Bertz CT molecular complexity index is 586. The Morgan fingerprint density at radius 3 is 2.94 bits per heavy atom. The molecule has 1 N–H and O–H groups in total. The molecule has 0 atom stereocenters. The van der Waals surface area contributed by atoms with Gasteiger partial charge in [0.05, 0.1) is 0 Å². The number of hydrogen-bond donors (Lipinski definition) is 1. The lowest BCUT2D eigenvalue weighted by Gasteiger charge is -2.04. The zero-order chi connectivity index (χ0) is 12.4. The average Bonchev–Trinajstić information content (AvgIpc) is 2.87. The predicted octanol–water partition coefficient (Wildman–Crippen LogP) is 1.46. The van der Waals surface area contributed by atoms with Crippen molar-refractivity contribution in [3.8, 4) is 11.5 Å². The highest BCUT2D eigenvalue weighted by atomic mass is 16.7. The number of nitrogens with one attached hydrogen (secondary N) is 1. The average molecular weight is 243 g/mol. The number of anilines is 1. The van der Waals surface area contributed by atoms with Crippen molar-refractivity contribution < 1.29 is 14.3 Å². The Kier molecular flexibility index (Phi) is 2.53. The molecule has 0 radical (unpaired) electrons. The van der Waals surface area contributed by atoms with E-state index in [0.717, 1.165) is 0 Å². The molecular weight excluding hydrogens is 234 g/mol. The second-order valence-corrected chi connectivity index (χ2v) is 3.63. The van der Waals surface area contributed by atoms with Crippen LogP contribution in [0.1, 0.15) is 10.5 Å². The Morgan fingerprint density at radius 1 is 1.22 bits per heavy atom. The van der Waals surface area contributed by atoms with Crippen LogP contribution in [0.2, 0.25) is 0 Å². The molecule has 1 aliphatic rings. The zero-order valence-electron chi connectivity index (χ0n) is 9.29. The third kappa shape index (κ3) is 1.95. The maximum atomic E-state index is 11.8. The van der Waals surface area contributed by atoms with Crippen LogP contribution in [0.4, 0.5) is 5.69 Å². The molecule has 0 bridgehead atoms. The first-order valence-corrected chi connectivity index (χ1v) is 5.31. The molecule has 0 saturated carbocycles. The van der Waals surface area contributed by atoms with E-state index < -0.39 is 0 Å². The summed E-state index contributed by atoms with van der Waals surface area (Å²) in [6.07, 6.45) is 1.51. The molecular formula is C12H9N3O3. The second kappa shape index (κ2) is 4.33. The third-order valence-corrected chi connectivity index (χ3v) is 2.44. The first-order chi connectivity index (χ1) is 8.83. The van der Waals surface area contributed by atoms with E-state index in [9.17, 15) is 4.79 Å². The Balaban J connectivity index is 1.79. The van der Waals surface area contributed by atoms with Gasteiger partial charge in [-0.15, -0.1) is 5.10 Å². The van der Waals surface area contributed by atoms with E-state index in [-0.39, 0.29) is 18.4 Å². The fraction of sp³-hybridized carbons (Fsp3) is 0.0833. The minimum absolute atomic E-state index is 0.205. The summed E-state index contributed by atoms with van der Waals surface area (Å²) in [6.45, 7) is 0.205. The lowest BCUT2D eigenvalue weighted by Crippen LogP contribution is -2.13. The predicted molar refractivity (Wildman–Crippen MR) is 62.6 cm³/mol. The molecule has 1 aromatic carbocycles. The quantitative estimate of drug-likeness (QED) is 0.864. The number of carbonyl (C=O) groups excluding carboxylic acids is 1. The highest BCUT2D eigenvalue weighted by Gasteiger charge is 2.14. The summed E-state index contributed by atoms with van der Waals surface area (Å²) in [5.41, 5.74) is 0.880. The normalized spacial score (nSPS) is 12.2. The van der Waals surface area contributed by atoms with Crippen LogP contribution in [-0.4, -0.2) is 22.9 Å². The van der Waals surface area contributed by atoms with Gasteiger partial charge in [0.15, 0.2) is 17.2 Å². The number of fused-ring (bicyclic) bond motifs is 1. The van der Waals surface area contributed by atoms with Gasteiger partial charge in [0.2, 0.25) is 6.79 Å². The largest absolute Gasteiger partial charge is 0.454 e. The van der Waals surface area contributed by atoms with E-state index in [1.165, 1.54) is 6.20 Å². The van der Waals surface area contributed by atoms with Crippen molar-refractivity contribution in [1.29, 1.82) is 0 Å². The molecule has 3 rings (SSSR count). The molecule has 90 valence electrons. The number of hydrogen-bond acceptors (Lipinski definition) is 5. The SMILES string of the molecule is O=C(Nc1ccc2c(c1)OCO2)c1cccnn1. The van der Waals surface area contributed by atoms with Crippen LogP contribution in [0.5, 0.6) is 11.5 Å². The van der Waals surface area contributed by atoms with Crippen LogP contribution >= 0.6 is 0 Å². The fourth-order valence-corrected chi connectivity index (χ4v) is 1.59. The maximum Gasteiger partial charge on any atom is 0.276 e. The first-order valence-electron chi connectivity index (χ1n) is 5.31. The van der Waals surface area contributed by atoms with Crippen LogP contribution < -0.4 is 14.8 Å². The summed E-state index contributed by atoms with van der Waals surface area (Å²) in [5.74, 6) is 0.974. The topological polar surface area (TPSA) is 73.3 Å². The summed E-state index contributed by atoms with van der Waals surface area (Å²) >= 11 is 0. The number of aromatic nitrogens is 2. The molecule has 0 spiro atoms. The Morgan fingerprint density at radius 2 is 2.11 bits per heavy atom. The van der Waals surface area contributed by atoms with Crippen LogP contribution in [0.25, 0.3) is 0 Å². The van der Waals surface area contributed by atoms with Crippen molar-refractivity contribution in [3.63, 3.8) is 0 Å². The van der Waals surface area contributed by atoms with E-state index in [1.54, 1.807) is 30.3 Å². The molecule has 0 fully saturated rings. The van der Waals surface area contributed by atoms with E-state index in [1.807, 2.05) is 0 Å². The van der Waals surface area contributed by atoms with Gasteiger partial charge in [0.25, 0.3) is 5.91 Å². The smallest absolute Gasteiger partial charge is 0.276 e. The second-order valence-electron chi connectivity index (χ2n) is 3.63. The van der Waals surface area contributed by atoms with Gasteiger partial charge in [-0.05, 0) is 24.3 Å². The molecule has 1 aromatic heterocycles. The highest BCUT2D eigenvalue weighted by molar-refractivity contribution is 6.02. The van der Waals surface area contributed by atoms with Crippen molar-refractivity contribution in [2.45, 2.75) is 0 Å².